The van der Waals surface area contributed by atoms with Gasteiger partial charge in [-0.15, -0.1) is 0 Å². The summed E-state index contributed by atoms with van der Waals surface area (Å²) < 4.78 is 1.61. The Kier molecular flexibility index (Phi) is 2.55. The second kappa shape index (κ2) is 4.01. The predicted molar refractivity (Wildman–Crippen MR) is 58.6 cm³/mol. The van der Waals surface area contributed by atoms with Gasteiger partial charge in [-0.05, 0) is 25.1 Å². The molecule has 82 valence electrons. The second-order valence-electron chi connectivity index (χ2n) is 3.29. The monoisotopic (exact) mass is 217 g/mol. The van der Waals surface area contributed by atoms with Crippen molar-refractivity contribution in [2.24, 2.45) is 10.9 Å². The standard InChI is InChI=1S/C10H11N5O/c1-7-5-8(10(11)14-16)6-9(13-7)15-4-2-3-12-15/h2-6,16H,1H3,(H2,11,14). The van der Waals surface area contributed by atoms with E-state index in [1.165, 1.54) is 0 Å². The number of aryl methyl sites for hydroxylation is 1. The fraction of sp³-hybridized carbons (Fsp3) is 0.100. The third-order valence-corrected chi connectivity index (χ3v) is 2.08. The molecule has 0 saturated carbocycles. The first kappa shape index (κ1) is 10.2. The highest BCUT2D eigenvalue weighted by Crippen LogP contribution is 2.09. The molecule has 0 aliphatic rings. The van der Waals surface area contributed by atoms with Gasteiger partial charge in [0.15, 0.2) is 11.7 Å². The summed E-state index contributed by atoms with van der Waals surface area (Å²) in [5, 5.41) is 15.6. The summed E-state index contributed by atoms with van der Waals surface area (Å²) in [4.78, 5) is 4.30. The summed E-state index contributed by atoms with van der Waals surface area (Å²) >= 11 is 0. The number of rotatable bonds is 2. The number of hydrogen-bond donors (Lipinski definition) is 2. The number of oxime groups is 1. The maximum absolute atomic E-state index is 8.62. The first-order valence-corrected chi connectivity index (χ1v) is 4.67. The van der Waals surface area contributed by atoms with Crippen LogP contribution in [0.3, 0.4) is 0 Å². The van der Waals surface area contributed by atoms with Crippen LogP contribution in [-0.2, 0) is 0 Å². The summed E-state index contributed by atoms with van der Waals surface area (Å²) in [5.41, 5.74) is 6.91. The average molecular weight is 217 g/mol. The zero-order chi connectivity index (χ0) is 11.5. The van der Waals surface area contributed by atoms with E-state index in [2.05, 4.69) is 15.2 Å². The molecule has 0 radical (unpaired) electrons. The molecule has 2 aromatic heterocycles. The molecule has 0 unspecified atom stereocenters. The van der Waals surface area contributed by atoms with Crippen LogP contribution in [-0.4, -0.2) is 25.8 Å². The summed E-state index contributed by atoms with van der Waals surface area (Å²) in [7, 11) is 0. The van der Waals surface area contributed by atoms with Gasteiger partial charge in [0.05, 0.1) is 0 Å². The Labute approximate surface area is 92.0 Å². The van der Waals surface area contributed by atoms with E-state index in [-0.39, 0.29) is 5.84 Å². The number of nitrogens with two attached hydrogens (primary N) is 1. The molecule has 3 N–H and O–H groups in total. The number of amidine groups is 1. The lowest BCUT2D eigenvalue weighted by Crippen LogP contribution is -2.14. The molecule has 6 heteroatoms. The van der Waals surface area contributed by atoms with Gasteiger partial charge in [-0.1, -0.05) is 5.16 Å². The Hall–Kier alpha value is -2.37. The van der Waals surface area contributed by atoms with E-state index in [0.717, 1.165) is 5.69 Å². The maximum Gasteiger partial charge on any atom is 0.170 e. The van der Waals surface area contributed by atoms with Crippen molar-refractivity contribution >= 4 is 5.84 Å². The van der Waals surface area contributed by atoms with Gasteiger partial charge in [-0.2, -0.15) is 5.10 Å². The molecule has 0 aliphatic carbocycles. The van der Waals surface area contributed by atoms with Crippen LogP contribution < -0.4 is 5.73 Å². The number of aromatic nitrogens is 3. The molecule has 0 atom stereocenters. The molecule has 0 spiro atoms. The van der Waals surface area contributed by atoms with Crippen LogP contribution in [0.5, 0.6) is 0 Å². The van der Waals surface area contributed by atoms with Crippen LogP contribution in [0.2, 0.25) is 0 Å². The molecule has 2 heterocycles. The fourth-order valence-electron chi connectivity index (χ4n) is 1.38. The van der Waals surface area contributed by atoms with E-state index >= 15 is 0 Å². The minimum absolute atomic E-state index is 0.0545. The van der Waals surface area contributed by atoms with E-state index in [9.17, 15) is 0 Å². The molecule has 0 aromatic carbocycles. The predicted octanol–water partition coefficient (Wildman–Crippen LogP) is 0.670. The molecule has 0 amide bonds. The van der Waals surface area contributed by atoms with Gasteiger partial charge in [-0.25, -0.2) is 9.67 Å². The summed E-state index contributed by atoms with van der Waals surface area (Å²) in [6.45, 7) is 1.83. The average Bonchev–Trinajstić information content (AvgIpc) is 2.80. The Bertz CT molecular complexity index is 518. The summed E-state index contributed by atoms with van der Waals surface area (Å²) in [5.74, 6) is 0.686. The quantitative estimate of drug-likeness (QED) is 0.335. The third-order valence-electron chi connectivity index (χ3n) is 2.08. The van der Waals surface area contributed by atoms with Crippen molar-refractivity contribution in [3.8, 4) is 5.82 Å². The van der Waals surface area contributed by atoms with Gasteiger partial charge < -0.3 is 10.9 Å². The van der Waals surface area contributed by atoms with Crippen LogP contribution in [0, 0.1) is 6.92 Å². The highest BCUT2D eigenvalue weighted by Gasteiger charge is 2.05. The smallest absolute Gasteiger partial charge is 0.170 e. The van der Waals surface area contributed by atoms with E-state index in [1.807, 2.05) is 6.92 Å². The van der Waals surface area contributed by atoms with Gasteiger partial charge in [0.2, 0.25) is 0 Å². The van der Waals surface area contributed by atoms with Gasteiger partial charge >= 0.3 is 0 Å². The highest BCUT2D eigenvalue weighted by molar-refractivity contribution is 5.97. The van der Waals surface area contributed by atoms with Crippen molar-refractivity contribution in [3.63, 3.8) is 0 Å². The molecule has 6 nitrogen and oxygen atoms in total. The Morgan fingerprint density at radius 2 is 2.31 bits per heavy atom. The zero-order valence-electron chi connectivity index (χ0n) is 8.70. The van der Waals surface area contributed by atoms with Gasteiger partial charge in [0.1, 0.15) is 0 Å². The lowest BCUT2D eigenvalue weighted by atomic mass is 10.2. The molecule has 0 aliphatic heterocycles. The fourth-order valence-corrected chi connectivity index (χ4v) is 1.38. The zero-order valence-corrected chi connectivity index (χ0v) is 8.70. The van der Waals surface area contributed by atoms with E-state index in [4.69, 9.17) is 10.9 Å². The lowest BCUT2D eigenvalue weighted by Gasteiger charge is -2.05. The topological polar surface area (TPSA) is 89.3 Å². The van der Waals surface area contributed by atoms with E-state index in [0.29, 0.717) is 11.4 Å². The minimum atomic E-state index is 0.0545. The van der Waals surface area contributed by atoms with Crippen LogP contribution in [0.4, 0.5) is 0 Å². The maximum atomic E-state index is 8.62. The second-order valence-corrected chi connectivity index (χ2v) is 3.29. The lowest BCUT2D eigenvalue weighted by molar-refractivity contribution is 0.318. The number of hydrogen-bond acceptors (Lipinski definition) is 4. The SMILES string of the molecule is Cc1cc(/C(N)=N/O)cc(-n2cccn2)n1. The van der Waals surface area contributed by atoms with Crippen molar-refractivity contribution in [2.75, 3.05) is 0 Å². The van der Waals surface area contributed by atoms with Crippen molar-refractivity contribution in [3.05, 3.63) is 41.9 Å². The Balaban J connectivity index is 2.52. The molecule has 0 fully saturated rings. The molecule has 0 saturated heterocycles. The van der Waals surface area contributed by atoms with Crippen molar-refractivity contribution in [2.45, 2.75) is 6.92 Å². The Morgan fingerprint density at radius 3 is 2.94 bits per heavy atom. The number of pyridine rings is 1. The third kappa shape index (κ3) is 1.85. The number of nitrogens with zero attached hydrogens (tertiary/aromatic N) is 4. The molecule has 2 rings (SSSR count). The van der Waals surface area contributed by atoms with Crippen molar-refractivity contribution in [1.29, 1.82) is 0 Å². The van der Waals surface area contributed by atoms with Crippen molar-refractivity contribution in [1.82, 2.24) is 14.8 Å². The van der Waals surface area contributed by atoms with Crippen LogP contribution >= 0.6 is 0 Å². The normalized spacial score (nSPS) is 11.7. The molecule has 2 aromatic rings. The first-order valence-electron chi connectivity index (χ1n) is 4.67. The van der Waals surface area contributed by atoms with Crippen LogP contribution in [0.15, 0.2) is 35.7 Å². The summed E-state index contributed by atoms with van der Waals surface area (Å²) in [6.07, 6.45) is 3.44. The highest BCUT2D eigenvalue weighted by atomic mass is 16.4. The van der Waals surface area contributed by atoms with E-state index in [1.54, 1.807) is 35.3 Å². The molecular formula is C10H11N5O. The first-order chi connectivity index (χ1) is 7.70. The van der Waals surface area contributed by atoms with Gasteiger partial charge in [0.25, 0.3) is 0 Å². The van der Waals surface area contributed by atoms with Crippen LogP contribution in [0.25, 0.3) is 5.82 Å². The minimum Gasteiger partial charge on any atom is -0.409 e. The largest absolute Gasteiger partial charge is 0.409 e. The molecular weight excluding hydrogens is 206 g/mol. The molecule has 0 bridgehead atoms. The van der Waals surface area contributed by atoms with Crippen molar-refractivity contribution < 1.29 is 5.21 Å². The molecule has 16 heavy (non-hydrogen) atoms. The van der Waals surface area contributed by atoms with Gasteiger partial charge in [-0.3, -0.25) is 0 Å². The van der Waals surface area contributed by atoms with Crippen LogP contribution in [0.1, 0.15) is 11.3 Å². The Morgan fingerprint density at radius 1 is 1.50 bits per heavy atom. The van der Waals surface area contributed by atoms with E-state index < -0.39 is 0 Å². The van der Waals surface area contributed by atoms with Gasteiger partial charge in [0, 0.05) is 23.7 Å². The summed E-state index contributed by atoms with van der Waals surface area (Å²) in [6, 6.07) is 5.24.